The zero-order valence-electron chi connectivity index (χ0n) is 15.7. The summed E-state index contributed by atoms with van der Waals surface area (Å²) in [5.41, 5.74) is -0.568. The van der Waals surface area contributed by atoms with Gasteiger partial charge in [-0.2, -0.15) is 13.2 Å². The minimum atomic E-state index is -4.62. The van der Waals surface area contributed by atoms with Gasteiger partial charge in [0.1, 0.15) is 5.75 Å². The van der Waals surface area contributed by atoms with Crippen LogP contribution in [0.5, 0.6) is 5.75 Å². The first-order valence-electron chi connectivity index (χ1n) is 9.11. The van der Waals surface area contributed by atoms with Crippen molar-refractivity contribution in [2.75, 3.05) is 36.4 Å². The molecule has 0 aliphatic carbocycles. The molecular formula is C20H21ClF3N3O2. The standard InChI is InChI=1S/C20H21ClF3N3O2/c1-13(19(29)25-16-7-6-14(21)12-15(16)20(22,23)24)26-8-10-27(11-9-26)17-4-2-3-5-18(17)28/h2-7,12-13,28H,8-11H2,1H3,(H,25,29)/t13-/m0/s1. The zero-order chi connectivity index (χ0) is 21.2. The maximum Gasteiger partial charge on any atom is 0.418 e. The average Bonchev–Trinajstić information content (AvgIpc) is 2.68. The van der Waals surface area contributed by atoms with Gasteiger partial charge in [-0.05, 0) is 37.3 Å². The summed E-state index contributed by atoms with van der Waals surface area (Å²) in [5, 5.41) is 12.3. The van der Waals surface area contributed by atoms with E-state index in [1.807, 2.05) is 21.9 Å². The van der Waals surface area contributed by atoms with Crippen LogP contribution >= 0.6 is 11.6 Å². The van der Waals surface area contributed by atoms with E-state index in [0.29, 0.717) is 26.2 Å². The quantitative estimate of drug-likeness (QED) is 0.767. The van der Waals surface area contributed by atoms with Crippen molar-refractivity contribution in [2.45, 2.75) is 19.1 Å². The van der Waals surface area contributed by atoms with Crippen LogP contribution in [0.25, 0.3) is 0 Å². The molecule has 2 aromatic rings. The molecule has 0 saturated carbocycles. The number of nitrogens with zero attached hydrogens (tertiary/aromatic N) is 2. The topological polar surface area (TPSA) is 55.8 Å². The number of carbonyl (C=O) groups excluding carboxylic acids is 1. The molecule has 0 radical (unpaired) electrons. The second-order valence-corrected chi connectivity index (χ2v) is 7.30. The Kier molecular flexibility index (Phi) is 6.24. The number of rotatable bonds is 4. The van der Waals surface area contributed by atoms with Gasteiger partial charge in [-0.15, -0.1) is 0 Å². The molecule has 1 fully saturated rings. The molecule has 1 amide bonds. The molecule has 1 saturated heterocycles. The van der Waals surface area contributed by atoms with Crippen LogP contribution < -0.4 is 10.2 Å². The molecule has 1 aliphatic rings. The predicted molar refractivity (Wildman–Crippen MR) is 106 cm³/mol. The van der Waals surface area contributed by atoms with E-state index < -0.39 is 23.7 Å². The van der Waals surface area contributed by atoms with Crippen LogP contribution in [0.15, 0.2) is 42.5 Å². The van der Waals surface area contributed by atoms with Gasteiger partial charge < -0.3 is 15.3 Å². The molecule has 0 unspecified atom stereocenters. The molecule has 9 heteroatoms. The molecule has 1 atom stereocenters. The summed E-state index contributed by atoms with van der Waals surface area (Å²) in [4.78, 5) is 16.5. The summed E-state index contributed by atoms with van der Waals surface area (Å²) >= 11 is 5.68. The summed E-state index contributed by atoms with van der Waals surface area (Å²) < 4.78 is 39.7. The first kappa shape index (κ1) is 21.3. The summed E-state index contributed by atoms with van der Waals surface area (Å²) in [5.74, 6) is -0.331. The third-order valence-electron chi connectivity index (χ3n) is 5.01. The van der Waals surface area contributed by atoms with Gasteiger partial charge in [0.2, 0.25) is 5.91 Å². The number of halogens is 4. The smallest absolute Gasteiger partial charge is 0.418 e. The first-order valence-corrected chi connectivity index (χ1v) is 9.49. The number of benzene rings is 2. The molecule has 0 bridgehead atoms. The number of carbonyl (C=O) groups is 1. The molecule has 2 N–H and O–H groups in total. The van der Waals surface area contributed by atoms with Gasteiger partial charge in [0.05, 0.1) is 23.0 Å². The molecule has 3 rings (SSSR count). The third kappa shape index (κ3) is 4.94. The van der Waals surface area contributed by atoms with Crippen LogP contribution in [-0.4, -0.2) is 48.1 Å². The number of anilines is 2. The van der Waals surface area contributed by atoms with Gasteiger partial charge in [-0.25, -0.2) is 0 Å². The summed E-state index contributed by atoms with van der Waals surface area (Å²) in [6, 6.07) is 9.66. The maximum absolute atomic E-state index is 13.2. The number of hydrogen-bond acceptors (Lipinski definition) is 4. The summed E-state index contributed by atoms with van der Waals surface area (Å²) in [6.45, 7) is 3.91. The fraction of sp³-hybridized carbons (Fsp3) is 0.350. The second kappa shape index (κ2) is 8.51. The predicted octanol–water partition coefficient (Wildman–Crippen LogP) is 4.21. The van der Waals surface area contributed by atoms with Gasteiger partial charge in [0.15, 0.2) is 0 Å². The lowest BCUT2D eigenvalue weighted by molar-refractivity contribution is -0.137. The Balaban J connectivity index is 1.64. The fourth-order valence-corrected chi connectivity index (χ4v) is 3.52. The Labute approximate surface area is 171 Å². The van der Waals surface area contributed by atoms with Crippen LogP contribution in [0, 0.1) is 0 Å². The lowest BCUT2D eigenvalue weighted by Crippen LogP contribution is -2.52. The zero-order valence-corrected chi connectivity index (χ0v) is 16.5. The van der Waals surface area contributed by atoms with Crippen molar-refractivity contribution in [3.05, 3.63) is 53.1 Å². The highest BCUT2D eigenvalue weighted by atomic mass is 35.5. The maximum atomic E-state index is 13.2. The van der Waals surface area contributed by atoms with E-state index >= 15 is 0 Å². The number of hydrogen-bond donors (Lipinski definition) is 2. The van der Waals surface area contributed by atoms with Crippen molar-refractivity contribution in [2.24, 2.45) is 0 Å². The molecule has 156 valence electrons. The molecule has 1 aliphatic heterocycles. The van der Waals surface area contributed by atoms with E-state index in [-0.39, 0.29) is 16.5 Å². The van der Waals surface area contributed by atoms with E-state index in [1.165, 1.54) is 6.07 Å². The largest absolute Gasteiger partial charge is 0.506 e. The molecule has 0 spiro atoms. The second-order valence-electron chi connectivity index (χ2n) is 6.86. The highest BCUT2D eigenvalue weighted by Crippen LogP contribution is 2.36. The number of phenols is 1. The number of aromatic hydroxyl groups is 1. The number of amides is 1. The van der Waals surface area contributed by atoms with Crippen LogP contribution in [0.4, 0.5) is 24.5 Å². The fourth-order valence-electron chi connectivity index (χ4n) is 3.34. The average molecular weight is 428 g/mol. The molecule has 1 heterocycles. The molecule has 2 aromatic carbocycles. The van der Waals surface area contributed by atoms with Gasteiger partial charge in [-0.1, -0.05) is 23.7 Å². The lowest BCUT2D eigenvalue weighted by atomic mass is 10.1. The van der Waals surface area contributed by atoms with Crippen molar-refractivity contribution in [3.8, 4) is 5.75 Å². The highest BCUT2D eigenvalue weighted by Gasteiger charge is 2.35. The van der Waals surface area contributed by atoms with Gasteiger partial charge in [0.25, 0.3) is 0 Å². The van der Waals surface area contributed by atoms with Crippen molar-refractivity contribution in [3.63, 3.8) is 0 Å². The van der Waals surface area contributed by atoms with E-state index in [4.69, 9.17) is 11.6 Å². The molecular weight excluding hydrogens is 407 g/mol. The van der Waals surface area contributed by atoms with E-state index in [1.54, 1.807) is 19.1 Å². The van der Waals surface area contributed by atoms with E-state index in [0.717, 1.165) is 17.8 Å². The van der Waals surface area contributed by atoms with Crippen LogP contribution in [-0.2, 0) is 11.0 Å². The minimum absolute atomic E-state index is 0.0522. The Morgan fingerprint density at radius 1 is 1.14 bits per heavy atom. The van der Waals surface area contributed by atoms with Crippen LogP contribution in [0.3, 0.4) is 0 Å². The SMILES string of the molecule is C[C@@H](C(=O)Nc1ccc(Cl)cc1C(F)(F)F)N1CCN(c2ccccc2O)CC1. The summed E-state index contributed by atoms with van der Waals surface area (Å²) in [6.07, 6.45) is -4.62. The Bertz CT molecular complexity index is 884. The van der Waals surface area contributed by atoms with Gasteiger partial charge >= 0.3 is 6.18 Å². The van der Waals surface area contributed by atoms with Gasteiger partial charge in [-0.3, -0.25) is 9.69 Å². The minimum Gasteiger partial charge on any atom is -0.506 e. The van der Waals surface area contributed by atoms with Crippen molar-refractivity contribution >= 4 is 28.9 Å². The van der Waals surface area contributed by atoms with E-state index in [9.17, 15) is 23.1 Å². The van der Waals surface area contributed by atoms with Crippen LogP contribution in [0.1, 0.15) is 12.5 Å². The number of piperazine rings is 1. The van der Waals surface area contributed by atoms with Crippen molar-refractivity contribution in [1.82, 2.24) is 4.90 Å². The number of phenolic OH excluding ortho intramolecular Hbond substituents is 1. The van der Waals surface area contributed by atoms with Crippen molar-refractivity contribution in [1.29, 1.82) is 0 Å². The molecule has 0 aromatic heterocycles. The Morgan fingerprint density at radius 3 is 2.41 bits per heavy atom. The molecule has 5 nitrogen and oxygen atoms in total. The number of alkyl halides is 3. The van der Waals surface area contributed by atoms with Crippen molar-refractivity contribution < 1.29 is 23.1 Å². The van der Waals surface area contributed by atoms with Crippen LogP contribution in [0.2, 0.25) is 5.02 Å². The monoisotopic (exact) mass is 427 g/mol. The van der Waals surface area contributed by atoms with E-state index in [2.05, 4.69) is 5.32 Å². The van der Waals surface area contributed by atoms with Gasteiger partial charge in [0, 0.05) is 31.2 Å². The Hall–Kier alpha value is -2.45. The lowest BCUT2D eigenvalue weighted by Gasteiger charge is -2.38. The normalized spacial score (nSPS) is 16.5. The third-order valence-corrected chi connectivity index (χ3v) is 5.24. The number of para-hydroxylation sites is 2. The summed E-state index contributed by atoms with van der Waals surface area (Å²) in [7, 11) is 0. The number of nitrogens with one attached hydrogen (secondary N) is 1. The highest BCUT2D eigenvalue weighted by molar-refractivity contribution is 6.30. The Morgan fingerprint density at radius 2 is 1.79 bits per heavy atom. The first-order chi connectivity index (χ1) is 13.7. The molecule has 29 heavy (non-hydrogen) atoms.